The second-order valence-corrected chi connectivity index (χ2v) is 31.9. The third-order valence-electron chi connectivity index (χ3n) is 25.4. The van der Waals surface area contributed by atoms with Crippen molar-refractivity contribution in [2.24, 2.45) is 82.7 Å². The highest BCUT2D eigenvalue weighted by molar-refractivity contribution is 5.91. The molecule has 96 heavy (non-hydrogen) atoms. The van der Waals surface area contributed by atoms with E-state index in [0.29, 0.717) is 27.7 Å². The van der Waals surface area contributed by atoms with E-state index >= 15 is 52.7 Å². The topological polar surface area (TPSA) is 34.1 Å². The number of rotatable bonds is 30. The zero-order valence-electron chi connectivity index (χ0n) is 57.4. The molecule has 0 aliphatic heterocycles. The molecule has 0 aromatic heterocycles. The van der Waals surface area contributed by atoms with Crippen molar-refractivity contribution in [3.8, 4) is 0 Å². The van der Waals surface area contributed by atoms with E-state index in [1.807, 2.05) is 0 Å². The van der Waals surface area contributed by atoms with Crippen LogP contribution in [0.1, 0.15) is 187 Å². The van der Waals surface area contributed by atoms with Crippen molar-refractivity contribution in [2.45, 2.75) is 282 Å². The number of hydrogen-bond acceptors (Lipinski definition) is 2. The molecule has 0 N–H and O–H groups in total. The fourth-order valence-electron chi connectivity index (χ4n) is 12.9. The van der Waals surface area contributed by atoms with Gasteiger partial charge < -0.3 is 0 Å². The Balaban J connectivity index is 7.90. The highest BCUT2D eigenvalue weighted by atomic mass is 19.4. The second-order valence-electron chi connectivity index (χ2n) is 31.9. The predicted octanol–water partition coefficient (Wildman–Crippen LogP) is 24.4. The Kier molecular flexibility index (Phi) is 22.7. The second kappa shape index (κ2) is 23.5. The van der Waals surface area contributed by atoms with Gasteiger partial charge in [0.2, 0.25) is 0 Å². The molecule has 0 saturated heterocycles. The van der Waals surface area contributed by atoms with E-state index in [1.54, 1.807) is 48.5 Å². The number of ketones is 2. The average molecular weight is 1480 g/mol. The molecule has 2 nitrogen and oxygen atoms in total. The van der Waals surface area contributed by atoms with Gasteiger partial charge in [-0.2, -0.15) is 149 Å². The highest BCUT2D eigenvalue weighted by Crippen LogP contribution is 2.73. The van der Waals surface area contributed by atoms with Gasteiger partial charge in [-0.3, -0.25) is 9.59 Å². The first-order valence-electron chi connectivity index (χ1n) is 28.8. The fourth-order valence-corrected chi connectivity index (χ4v) is 12.9. The third kappa shape index (κ3) is 11.3. The Morgan fingerprint density at radius 3 is 0.458 bits per heavy atom. The van der Waals surface area contributed by atoms with Gasteiger partial charge >= 0.3 is 95.3 Å². The van der Waals surface area contributed by atoms with Gasteiger partial charge in [0.15, 0.2) is 0 Å². The van der Waals surface area contributed by atoms with Crippen molar-refractivity contribution in [2.75, 3.05) is 0 Å². The van der Waals surface area contributed by atoms with E-state index < -0.39 is 190 Å². The molecule has 0 aromatic carbocycles. The van der Waals surface area contributed by atoms with Crippen LogP contribution < -0.4 is 0 Å². The lowest BCUT2D eigenvalue weighted by Crippen LogP contribution is -2.76. The molecule has 0 saturated carbocycles. The van der Waals surface area contributed by atoms with Gasteiger partial charge in [0, 0.05) is 32.5 Å². The Morgan fingerprint density at radius 2 is 0.312 bits per heavy atom. The summed E-state index contributed by atoms with van der Waals surface area (Å²) in [6, 6.07) is 0. The summed E-state index contributed by atoms with van der Waals surface area (Å²) >= 11 is 0. The first kappa shape index (κ1) is 93.0. The molecular formula is C60H84F34O2. The van der Waals surface area contributed by atoms with Crippen molar-refractivity contribution in [3.05, 3.63) is 0 Å². The lowest BCUT2D eigenvalue weighted by Gasteiger charge is -2.63. The number of halogens is 34. The largest absolute Gasteiger partial charge is 0.460 e. The van der Waals surface area contributed by atoms with Gasteiger partial charge in [0.05, 0.1) is 0 Å². The minimum atomic E-state index is -8.92. The first-order valence-corrected chi connectivity index (χ1v) is 28.8. The Labute approximate surface area is 534 Å². The molecule has 0 heterocycles. The molecular weight excluding hydrogens is 1400 g/mol. The van der Waals surface area contributed by atoms with Crippen molar-refractivity contribution in [1.29, 1.82) is 0 Å². The maximum Gasteiger partial charge on any atom is 0.460 e. The number of carbonyl (C=O) groups excluding carboxylic acids is 2. The zero-order valence-corrected chi connectivity index (χ0v) is 57.4. The molecule has 0 amide bonds. The Hall–Kier alpha value is -3.04. The van der Waals surface area contributed by atoms with Crippen LogP contribution in [0.4, 0.5) is 149 Å². The van der Waals surface area contributed by atoms with E-state index in [-0.39, 0.29) is 27.7 Å². The summed E-state index contributed by atoms with van der Waals surface area (Å²) in [5.74, 6) is -124. The maximum absolute atomic E-state index is 16.4. The van der Waals surface area contributed by atoms with E-state index in [0.717, 1.165) is 27.7 Å². The van der Waals surface area contributed by atoms with Crippen molar-refractivity contribution < 1.29 is 159 Å². The smallest absolute Gasteiger partial charge is 0.298 e. The quantitative estimate of drug-likeness (QED) is 0.0672. The van der Waals surface area contributed by atoms with Crippen molar-refractivity contribution >= 4 is 11.6 Å². The first-order chi connectivity index (χ1) is 40.3. The summed E-state index contributed by atoms with van der Waals surface area (Å²) in [7, 11) is 0. The summed E-state index contributed by atoms with van der Waals surface area (Å²) in [6.07, 6.45) is -16.0. The normalized spacial score (nSPS) is 18.0. The van der Waals surface area contributed by atoms with Gasteiger partial charge in [-0.05, 0) is 50.2 Å². The van der Waals surface area contributed by atoms with Crippen LogP contribution in [0.5, 0.6) is 0 Å². The van der Waals surface area contributed by atoms with Gasteiger partial charge in [0.25, 0.3) is 0 Å². The van der Waals surface area contributed by atoms with Gasteiger partial charge in [0.1, 0.15) is 11.6 Å². The molecule has 0 aliphatic carbocycles. The molecule has 36 heteroatoms. The highest BCUT2D eigenvalue weighted by Gasteiger charge is 2.98. The Morgan fingerprint density at radius 1 is 0.188 bits per heavy atom. The van der Waals surface area contributed by atoms with Gasteiger partial charge in [-0.25, -0.2) is 0 Å². The SMILES string of the molecule is CC(C(C)(C)[C@@H](C)C(C)(C)C(C)(C)C(C)(C)C(=O)C(C)(C)C(C)(C)C(F)(F)C(F)(F)C(F)(F)C(F)(F)C(F)(F)C(F)(F)C(F)(F)C(F)(F)F)C(C)(C)[C@H](C)C(C)(C)C(C)(C)C(C)(C)C(=O)C(C)(C)C(C)(C)C(F)(F)C(F)(F)C(F)(F)C(F)(F)C(F)(F)C(F)(F)C(F)(F)C(F)(F)F. The van der Waals surface area contributed by atoms with Crippen LogP contribution in [-0.4, -0.2) is 107 Å². The number of alkyl halides is 34. The lowest BCUT2D eigenvalue weighted by molar-refractivity contribution is -0.466. The zero-order chi connectivity index (χ0) is 79.9. The van der Waals surface area contributed by atoms with Crippen LogP contribution >= 0.6 is 0 Å². The monoisotopic (exact) mass is 1480 g/mol. The predicted molar refractivity (Wildman–Crippen MR) is 284 cm³/mol. The minimum Gasteiger partial charge on any atom is -0.298 e. The summed E-state index contributed by atoms with van der Waals surface area (Å²) in [5.41, 5.74) is -28.8. The molecule has 3 atom stereocenters. The van der Waals surface area contributed by atoms with E-state index in [4.69, 9.17) is 0 Å². The fraction of sp³-hybridized carbons (Fsp3) is 0.967. The molecule has 0 aliphatic rings. The van der Waals surface area contributed by atoms with Crippen LogP contribution in [0.3, 0.4) is 0 Å². The van der Waals surface area contributed by atoms with E-state index in [9.17, 15) is 106 Å². The van der Waals surface area contributed by atoms with E-state index in [2.05, 4.69) is 0 Å². The van der Waals surface area contributed by atoms with Crippen molar-refractivity contribution in [3.63, 3.8) is 0 Å². The van der Waals surface area contributed by atoms with Crippen LogP contribution in [0.15, 0.2) is 0 Å². The average Bonchev–Trinajstić information content (AvgIpc) is 3.37. The summed E-state index contributed by atoms with van der Waals surface area (Å²) < 4.78 is 493. The number of hydrogen-bond donors (Lipinski definition) is 0. The molecule has 0 fully saturated rings. The van der Waals surface area contributed by atoms with Crippen molar-refractivity contribution in [1.82, 2.24) is 0 Å². The number of Topliss-reactive ketones (excluding diaryl/α,β-unsaturated/α-hetero) is 2. The van der Waals surface area contributed by atoms with Crippen LogP contribution in [0.2, 0.25) is 0 Å². The van der Waals surface area contributed by atoms with Crippen LogP contribution in [-0.2, 0) is 9.59 Å². The van der Waals surface area contributed by atoms with Gasteiger partial charge in [-0.1, -0.05) is 187 Å². The minimum absolute atomic E-state index is 0.167. The molecule has 574 valence electrons. The standard InChI is InChI=1S/C60H84F34O2/c1-28(33(4,5)29(2)35(8,9)41(20,21)37(12,13)31(95)39(16,17)43(24,25)45(61,62)47(65,66)49(69,70)51(73,74)53(77,78)55(81,82)57(85,86)59(89,90)91)34(6,7)30(3)36(10,11)42(22,23)38(14,15)32(96)40(18,19)44(26,27)46(63,64)48(67,68)50(71,72)52(75,76)54(79,80)56(83,84)58(87,88)60(92,93)94/h28-30H,1-27H3/t28?,29-,30+. The molecule has 0 aromatic rings. The summed E-state index contributed by atoms with van der Waals surface area (Å²) in [4.78, 5) is 29.9. The lowest BCUT2D eigenvalue weighted by atomic mass is 9.40. The summed E-state index contributed by atoms with van der Waals surface area (Å²) in [6.45, 7) is 27.2. The molecule has 0 rings (SSSR count). The van der Waals surface area contributed by atoms with Crippen LogP contribution in [0, 0.1) is 82.7 Å². The number of carbonyl (C=O) groups is 2. The summed E-state index contributed by atoms with van der Waals surface area (Å²) in [5, 5.41) is 0. The molecule has 1 unspecified atom stereocenters. The van der Waals surface area contributed by atoms with E-state index in [1.165, 1.54) is 55.4 Å². The van der Waals surface area contributed by atoms with Gasteiger partial charge in [-0.15, -0.1) is 0 Å². The molecule has 0 radical (unpaired) electrons. The molecule has 0 bridgehead atoms. The van der Waals surface area contributed by atoms with Crippen LogP contribution in [0.25, 0.3) is 0 Å². The molecule has 0 spiro atoms. The third-order valence-corrected chi connectivity index (χ3v) is 25.4. The Bertz CT molecular complexity index is 2640. The maximum atomic E-state index is 16.4.